The van der Waals surface area contributed by atoms with Gasteiger partial charge in [-0.3, -0.25) is 0 Å². The van der Waals surface area contributed by atoms with Crippen LogP contribution in [-0.4, -0.2) is 13.1 Å². The average Bonchev–Trinajstić information content (AvgIpc) is 2.12. The van der Waals surface area contributed by atoms with Crippen LogP contribution in [0.5, 0.6) is 0 Å². The quantitative estimate of drug-likeness (QED) is 0.366. The zero-order chi connectivity index (χ0) is 9.40. The third kappa shape index (κ3) is 4.72. The molecular weight excluding hydrogens is 152 g/mol. The second-order valence-corrected chi connectivity index (χ2v) is 2.41. The van der Waals surface area contributed by atoms with Crippen LogP contribution < -0.4 is 0 Å². The van der Waals surface area contributed by atoms with E-state index in [9.17, 15) is 4.79 Å². The Bertz CT molecular complexity index is 184. The predicted octanol–water partition coefficient (Wildman–Crippen LogP) is 2.46. The van der Waals surface area contributed by atoms with Gasteiger partial charge in [0.25, 0.3) is 0 Å². The van der Waals surface area contributed by atoms with E-state index in [4.69, 9.17) is 0 Å². The van der Waals surface area contributed by atoms with Crippen molar-refractivity contribution in [3.05, 3.63) is 23.8 Å². The fraction of sp³-hybridized carbons (Fsp3) is 0.500. The highest BCUT2D eigenvalue weighted by Gasteiger charge is 1.89. The molecule has 0 rings (SSSR count). The zero-order valence-electron chi connectivity index (χ0n) is 7.96. The molecule has 0 saturated carbocycles. The topological polar surface area (TPSA) is 26.3 Å². The monoisotopic (exact) mass is 168 g/mol. The van der Waals surface area contributed by atoms with Crippen LogP contribution in [0.4, 0.5) is 0 Å². The van der Waals surface area contributed by atoms with Crippen LogP contribution in [-0.2, 0) is 9.53 Å². The van der Waals surface area contributed by atoms with Crippen LogP contribution in [0, 0.1) is 0 Å². The summed E-state index contributed by atoms with van der Waals surface area (Å²) in [6, 6.07) is 0. The summed E-state index contributed by atoms with van der Waals surface area (Å²) < 4.78 is 4.44. The highest BCUT2D eigenvalue weighted by Crippen LogP contribution is 2.04. The van der Waals surface area contributed by atoms with E-state index < -0.39 is 0 Å². The SMILES string of the molecule is CCC(=C/C=C/C(=O)OC)CC. The summed E-state index contributed by atoms with van der Waals surface area (Å²) in [5.74, 6) is -0.308. The second kappa shape index (κ2) is 6.65. The molecule has 0 bridgehead atoms. The van der Waals surface area contributed by atoms with Gasteiger partial charge >= 0.3 is 5.97 Å². The van der Waals surface area contributed by atoms with E-state index in [1.165, 1.54) is 18.8 Å². The Hall–Kier alpha value is -1.05. The Kier molecular flexibility index (Phi) is 6.07. The molecule has 68 valence electrons. The van der Waals surface area contributed by atoms with Crippen molar-refractivity contribution >= 4 is 5.97 Å². The van der Waals surface area contributed by atoms with Crippen LogP contribution in [0.25, 0.3) is 0 Å². The molecule has 0 aliphatic carbocycles. The number of methoxy groups -OCH3 is 1. The molecule has 0 amide bonds. The van der Waals surface area contributed by atoms with E-state index in [0.29, 0.717) is 0 Å². The molecule has 2 nitrogen and oxygen atoms in total. The van der Waals surface area contributed by atoms with Gasteiger partial charge in [0.05, 0.1) is 7.11 Å². The van der Waals surface area contributed by atoms with Gasteiger partial charge in [-0.15, -0.1) is 0 Å². The molecule has 0 N–H and O–H groups in total. The lowest BCUT2D eigenvalue weighted by Crippen LogP contribution is -1.92. The Morgan fingerprint density at radius 3 is 2.33 bits per heavy atom. The van der Waals surface area contributed by atoms with E-state index in [1.807, 2.05) is 6.08 Å². The summed E-state index contributed by atoms with van der Waals surface area (Å²) >= 11 is 0. The molecule has 0 radical (unpaired) electrons. The highest BCUT2D eigenvalue weighted by atomic mass is 16.5. The number of hydrogen-bond acceptors (Lipinski definition) is 2. The van der Waals surface area contributed by atoms with Crippen LogP contribution in [0.3, 0.4) is 0 Å². The highest BCUT2D eigenvalue weighted by molar-refractivity contribution is 5.82. The minimum absolute atomic E-state index is 0.308. The minimum Gasteiger partial charge on any atom is -0.466 e. The summed E-state index contributed by atoms with van der Waals surface area (Å²) in [5.41, 5.74) is 1.33. The number of esters is 1. The maximum atomic E-state index is 10.6. The van der Waals surface area contributed by atoms with Gasteiger partial charge in [0.15, 0.2) is 0 Å². The summed E-state index contributed by atoms with van der Waals surface area (Å²) in [5, 5.41) is 0. The van der Waals surface area contributed by atoms with Crippen molar-refractivity contribution in [1.29, 1.82) is 0 Å². The van der Waals surface area contributed by atoms with E-state index >= 15 is 0 Å². The van der Waals surface area contributed by atoms with Crippen LogP contribution in [0.15, 0.2) is 23.8 Å². The van der Waals surface area contributed by atoms with Crippen molar-refractivity contribution in [2.24, 2.45) is 0 Å². The number of rotatable bonds is 4. The molecule has 12 heavy (non-hydrogen) atoms. The lowest BCUT2D eigenvalue weighted by atomic mass is 10.1. The van der Waals surface area contributed by atoms with Crippen molar-refractivity contribution in [1.82, 2.24) is 0 Å². The molecule has 0 aliphatic heterocycles. The molecule has 0 aromatic rings. The Morgan fingerprint density at radius 1 is 1.33 bits per heavy atom. The lowest BCUT2D eigenvalue weighted by Gasteiger charge is -1.95. The number of hydrogen-bond donors (Lipinski definition) is 0. The second-order valence-electron chi connectivity index (χ2n) is 2.41. The molecular formula is C10H16O2. The van der Waals surface area contributed by atoms with Crippen molar-refractivity contribution in [3.8, 4) is 0 Å². The summed E-state index contributed by atoms with van der Waals surface area (Å²) in [6.45, 7) is 4.20. The first-order valence-electron chi connectivity index (χ1n) is 4.18. The van der Waals surface area contributed by atoms with Gasteiger partial charge in [0.2, 0.25) is 0 Å². The number of carbonyl (C=O) groups is 1. The van der Waals surface area contributed by atoms with Gasteiger partial charge in [-0.1, -0.05) is 31.6 Å². The fourth-order valence-electron chi connectivity index (χ4n) is 0.817. The maximum absolute atomic E-state index is 10.6. The minimum atomic E-state index is -0.308. The normalized spacial score (nSPS) is 9.92. The third-order valence-electron chi connectivity index (χ3n) is 1.67. The molecule has 2 heteroatoms. The smallest absolute Gasteiger partial charge is 0.330 e. The number of carbonyl (C=O) groups excluding carboxylic acids is 1. The molecule has 0 aliphatic rings. The van der Waals surface area contributed by atoms with Crippen molar-refractivity contribution in [2.75, 3.05) is 7.11 Å². The first-order valence-corrected chi connectivity index (χ1v) is 4.18. The Balaban J connectivity index is 4.00. The van der Waals surface area contributed by atoms with Gasteiger partial charge in [-0.2, -0.15) is 0 Å². The first-order chi connectivity index (χ1) is 5.74. The van der Waals surface area contributed by atoms with Crippen LogP contribution in [0.2, 0.25) is 0 Å². The molecule has 0 aromatic carbocycles. The van der Waals surface area contributed by atoms with E-state index in [1.54, 1.807) is 6.08 Å². The molecule has 0 heterocycles. The maximum Gasteiger partial charge on any atom is 0.330 e. The van der Waals surface area contributed by atoms with Crippen LogP contribution in [0.1, 0.15) is 26.7 Å². The predicted molar refractivity (Wildman–Crippen MR) is 49.8 cm³/mol. The van der Waals surface area contributed by atoms with Crippen molar-refractivity contribution in [2.45, 2.75) is 26.7 Å². The van der Waals surface area contributed by atoms with E-state index in [-0.39, 0.29) is 5.97 Å². The molecule has 0 saturated heterocycles. The third-order valence-corrected chi connectivity index (χ3v) is 1.67. The van der Waals surface area contributed by atoms with Crippen molar-refractivity contribution < 1.29 is 9.53 Å². The summed E-state index contributed by atoms with van der Waals surface area (Å²) in [4.78, 5) is 10.6. The fourth-order valence-corrected chi connectivity index (χ4v) is 0.817. The van der Waals surface area contributed by atoms with Crippen LogP contribution >= 0.6 is 0 Å². The van der Waals surface area contributed by atoms with Gasteiger partial charge < -0.3 is 4.74 Å². The Labute approximate surface area is 73.9 Å². The largest absolute Gasteiger partial charge is 0.466 e. The standard InChI is InChI=1S/C10H16O2/c1-4-9(5-2)7-6-8-10(11)12-3/h6-8H,4-5H2,1-3H3/b8-6+. The summed E-state index contributed by atoms with van der Waals surface area (Å²) in [6.07, 6.45) is 7.17. The van der Waals surface area contributed by atoms with Gasteiger partial charge in [-0.25, -0.2) is 4.79 Å². The zero-order valence-corrected chi connectivity index (χ0v) is 7.96. The van der Waals surface area contributed by atoms with Crippen molar-refractivity contribution in [3.63, 3.8) is 0 Å². The number of ether oxygens (including phenoxy) is 1. The first kappa shape index (κ1) is 11.0. The summed E-state index contributed by atoms with van der Waals surface area (Å²) in [7, 11) is 1.37. The van der Waals surface area contributed by atoms with E-state index in [2.05, 4.69) is 18.6 Å². The molecule has 0 unspecified atom stereocenters. The Morgan fingerprint density at radius 2 is 1.92 bits per heavy atom. The van der Waals surface area contributed by atoms with Gasteiger partial charge in [-0.05, 0) is 12.8 Å². The molecule has 0 spiro atoms. The van der Waals surface area contributed by atoms with E-state index in [0.717, 1.165) is 12.8 Å². The molecule has 0 fully saturated rings. The van der Waals surface area contributed by atoms with Gasteiger partial charge in [0, 0.05) is 6.08 Å². The number of allylic oxidation sites excluding steroid dienone is 3. The van der Waals surface area contributed by atoms with Gasteiger partial charge in [0.1, 0.15) is 0 Å². The lowest BCUT2D eigenvalue weighted by molar-refractivity contribution is -0.134. The average molecular weight is 168 g/mol. The molecule has 0 atom stereocenters. The molecule has 0 aromatic heterocycles.